The zero-order valence-electron chi connectivity index (χ0n) is 22.2. The molecule has 1 aliphatic rings. The molecule has 0 atom stereocenters. The molecular formula is C26H32N8O4S. The van der Waals surface area contributed by atoms with Gasteiger partial charge in [-0.05, 0) is 38.1 Å². The number of likely N-dealkylation sites (N-methyl/N-ethyl adjacent to an activating group) is 1. The fourth-order valence-corrected chi connectivity index (χ4v) is 6.15. The molecule has 206 valence electrons. The predicted octanol–water partition coefficient (Wildman–Crippen LogP) is 1.96. The van der Waals surface area contributed by atoms with E-state index in [2.05, 4.69) is 25.4 Å². The first-order valence-electron chi connectivity index (χ1n) is 13.1. The number of aromatic amines is 1. The van der Waals surface area contributed by atoms with E-state index in [1.165, 1.54) is 16.6 Å². The van der Waals surface area contributed by atoms with Gasteiger partial charge in [0.05, 0.1) is 36.3 Å². The smallest absolute Gasteiger partial charge is 0.279 e. The number of H-pyrrole nitrogens is 1. The van der Waals surface area contributed by atoms with Gasteiger partial charge in [0, 0.05) is 25.3 Å². The lowest BCUT2D eigenvalue weighted by Crippen LogP contribution is -2.59. The Morgan fingerprint density at radius 1 is 1.15 bits per heavy atom. The molecular weight excluding hydrogens is 520 g/mol. The Kier molecular flexibility index (Phi) is 7.73. The normalized spacial score (nSPS) is 14.5. The number of sulfonamides is 1. The van der Waals surface area contributed by atoms with E-state index in [0.29, 0.717) is 43.7 Å². The van der Waals surface area contributed by atoms with Crippen LogP contribution in [0.15, 0.2) is 46.3 Å². The van der Waals surface area contributed by atoms with Crippen LogP contribution in [-0.4, -0.2) is 74.7 Å². The summed E-state index contributed by atoms with van der Waals surface area (Å²) in [6.45, 7) is 8.07. The van der Waals surface area contributed by atoms with E-state index in [-0.39, 0.29) is 28.2 Å². The van der Waals surface area contributed by atoms with Crippen molar-refractivity contribution in [2.75, 3.05) is 26.2 Å². The zero-order chi connectivity index (χ0) is 27.6. The third kappa shape index (κ3) is 5.29. The summed E-state index contributed by atoms with van der Waals surface area (Å²) in [6.07, 6.45) is 4.46. The molecule has 12 nitrogen and oxygen atoms in total. The lowest BCUT2D eigenvalue weighted by molar-refractivity contribution is 0.229. The highest BCUT2D eigenvalue weighted by Crippen LogP contribution is 2.31. The first kappa shape index (κ1) is 26.9. The van der Waals surface area contributed by atoms with Crippen LogP contribution in [0.5, 0.6) is 5.88 Å². The SMILES string of the molecule is CCCc1c2nc(-c3cc(S(=O)(=O)N4CC(NCC)C4)cnc3OCC)[nH]c(=O)c2nn1Cc1ccccn1. The van der Waals surface area contributed by atoms with Crippen LogP contribution in [0.2, 0.25) is 0 Å². The average Bonchev–Trinajstić information content (AvgIpc) is 3.24. The van der Waals surface area contributed by atoms with Gasteiger partial charge < -0.3 is 15.0 Å². The minimum Gasteiger partial charge on any atom is -0.477 e. The van der Waals surface area contributed by atoms with Crippen molar-refractivity contribution in [2.45, 2.75) is 51.1 Å². The molecule has 5 heterocycles. The van der Waals surface area contributed by atoms with Crippen LogP contribution in [0.1, 0.15) is 38.6 Å². The molecule has 0 aliphatic carbocycles. The molecule has 2 N–H and O–H groups in total. The van der Waals surface area contributed by atoms with Crippen molar-refractivity contribution >= 4 is 21.1 Å². The minimum absolute atomic E-state index is 0.0123. The summed E-state index contributed by atoms with van der Waals surface area (Å²) in [4.78, 5) is 29.5. The molecule has 0 spiro atoms. The van der Waals surface area contributed by atoms with Crippen LogP contribution < -0.4 is 15.6 Å². The van der Waals surface area contributed by atoms with Crippen LogP contribution >= 0.6 is 0 Å². The van der Waals surface area contributed by atoms with Crippen molar-refractivity contribution in [3.63, 3.8) is 0 Å². The van der Waals surface area contributed by atoms with Crippen molar-refractivity contribution in [1.29, 1.82) is 0 Å². The standard InChI is InChI=1S/C26H32N8O4S/c1-4-9-21-22-23(32-34(21)16-17-10-7-8-11-28-17)25(35)31-24(30-22)20-12-19(13-29-26(20)38-6-3)39(36,37)33-14-18(15-33)27-5-2/h7-8,10-13,18,27H,4-6,9,14-16H2,1-3H3,(H,30,31,35). The van der Waals surface area contributed by atoms with E-state index < -0.39 is 15.6 Å². The number of nitrogens with one attached hydrogen (secondary N) is 2. The van der Waals surface area contributed by atoms with Crippen molar-refractivity contribution < 1.29 is 13.2 Å². The molecule has 1 aliphatic heterocycles. The molecule has 0 radical (unpaired) electrons. The van der Waals surface area contributed by atoms with Gasteiger partial charge >= 0.3 is 0 Å². The summed E-state index contributed by atoms with van der Waals surface area (Å²) in [5.74, 6) is 0.357. The van der Waals surface area contributed by atoms with E-state index in [0.717, 1.165) is 24.4 Å². The van der Waals surface area contributed by atoms with Crippen molar-refractivity contribution in [3.8, 4) is 17.3 Å². The first-order valence-corrected chi connectivity index (χ1v) is 14.6. The van der Waals surface area contributed by atoms with E-state index in [1.807, 2.05) is 32.0 Å². The molecule has 5 rings (SSSR count). The molecule has 0 amide bonds. The molecule has 4 aromatic heterocycles. The first-order chi connectivity index (χ1) is 18.8. The van der Waals surface area contributed by atoms with Gasteiger partial charge in [-0.15, -0.1) is 0 Å². The van der Waals surface area contributed by atoms with Crippen molar-refractivity contribution in [3.05, 3.63) is 58.4 Å². The lowest BCUT2D eigenvalue weighted by Gasteiger charge is -2.38. The Morgan fingerprint density at radius 2 is 1.97 bits per heavy atom. The Labute approximate surface area is 226 Å². The number of hydrogen-bond acceptors (Lipinski definition) is 9. The van der Waals surface area contributed by atoms with Crippen molar-refractivity contribution in [1.82, 2.24) is 39.3 Å². The summed E-state index contributed by atoms with van der Waals surface area (Å²) in [5.41, 5.74) is 2.14. The molecule has 1 fully saturated rings. The number of aryl methyl sites for hydroxylation is 1. The topological polar surface area (TPSA) is 148 Å². The molecule has 0 bridgehead atoms. The average molecular weight is 553 g/mol. The molecule has 0 aromatic carbocycles. The summed E-state index contributed by atoms with van der Waals surface area (Å²) in [5, 5.41) is 7.81. The third-order valence-electron chi connectivity index (χ3n) is 6.57. The quantitative estimate of drug-likeness (QED) is 0.285. The monoisotopic (exact) mass is 552 g/mol. The lowest BCUT2D eigenvalue weighted by atomic mass is 10.2. The number of ether oxygens (including phenoxy) is 1. The molecule has 1 saturated heterocycles. The maximum absolute atomic E-state index is 13.3. The number of rotatable bonds is 11. The summed E-state index contributed by atoms with van der Waals surface area (Å²) in [7, 11) is -3.78. The Hall–Kier alpha value is -3.68. The predicted molar refractivity (Wildman–Crippen MR) is 146 cm³/mol. The molecule has 0 saturated carbocycles. The number of nitrogens with zero attached hydrogens (tertiary/aromatic N) is 6. The Bertz CT molecular complexity index is 1630. The molecule has 0 unspecified atom stereocenters. The van der Waals surface area contributed by atoms with E-state index in [9.17, 15) is 13.2 Å². The second-order valence-corrected chi connectivity index (χ2v) is 11.3. The highest BCUT2D eigenvalue weighted by molar-refractivity contribution is 7.89. The van der Waals surface area contributed by atoms with Crippen LogP contribution in [0.25, 0.3) is 22.4 Å². The van der Waals surface area contributed by atoms with Gasteiger partial charge in [-0.3, -0.25) is 14.5 Å². The maximum Gasteiger partial charge on any atom is 0.279 e. The van der Waals surface area contributed by atoms with Gasteiger partial charge in [-0.2, -0.15) is 9.40 Å². The van der Waals surface area contributed by atoms with E-state index in [1.54, 1.807) is 17.8 Å². The fourth-order valence-electron chi connectivity index (χ4n) is 4.65. The summed E-state index contributed by atoms with van der Waals surface area (Å²) < 4.78 is 35.5. The largest absolute Gasteiger partial charge is 0.477 e. The van der Waals surface area contributed by atoms with Gasteiger partial charge in [-0.25, -0.2) is 18.4 Å². The Morgan fingerprint density at radius 3 is 2.67 bits per heavy atom. The number of hydrogen-bond donors (Lipinski definition) is 2. The van der Waals surface area contributed by atoms with Gasteiger partial charge in [0.25, 0.3) is 5.56 Å². The second kappa shape index (κ2) is 11.2. The molecule has 39 heavy (non-hydrogen) atoms. The van der Waals surface area contributed by atoms with Gasteiger partial charge in [0.2, 0.25) is 15.9 Å². The second-order valence-electron chi connectivity index (χ2n) is 9.32. The Balaban J connectivity index is 1.59. The van der Waals surface area contributed by atoms with E-state index in [4.69, 9.17) is 9.72 Å². The zero-order valence-corrected chi connectivity index (χ0v) is 23.0. The number of pyridine rings is 2. The van der Waals surface area contributed by atoms with Crippen molar-refractivity contribution in [2.24, 2.45) is 0 Å². The highest BCUT2D eigenvalue weighted by atomic mass is 32.2. The highest BCUT2D eigenvalue weighted by Gasteiger charge is 2.37. The van der Waals surface area contributed by atoms with Gasteiger partial charge in [0.1, 0.15) is 16.2 Å². The van der Waals surface area contributed by atoms with Crippen LogP contribution in [0, 0.1) is 0 Å². The number of aromatic nitrogens is 6. The van der Waals surface area contributed by atoms with E-state index >= 15 is 0 Å². The van der Waals surface area contributed by atoms with Gasteiger partial charge in [0.15, 0.2) is 5.52 Å². The van der Waals surface area contributed by atoms with Crippen LogP contribution in [-0.2, 0) is 23.0 Å². The minimum atomic E-state index is -3.78. The molecule has 4 aromatic rings. The van der Waals surface area contributed by atoms with Crippen LogP contribution in [0.4, 0.5) is 0 Å². The summed E-state index contributed by atoms with van der Waals surface area (Å²) >= 11 is 0. The van der Waals surface area contributed by atoms with Crippen LogP contribution in [0.3, 0.4) is 0 Å². The summed E-state index contributed by atoms with van der Waals surface area (Å²) in [6, 6.07) is 7.24. The molecule has 13 heteroatoms. The maximum atomic E-state index is 13.3. The third-order valence-corrected chi connectivity index (χ3v) is 8.36. The van der Waals surface area contributed by atoms with Gasteiger partial charge in [-0.1, -0.05) is 26.3 Å². The number of fused-ring (bicyclic) bond motifs is 1. The fraction of sp³-hybridized carbons (Fsp3) is 0.423.